The van der Waals surface area contributed by atoms with Crippen LogP contribution >= 0.6 is 11.8 Å². The molecule has 0 N–H and O–H groups in total. The minimum absolute atomic E-state index is 0.234. The third kappa shape index (κ3) is 8.92. The van der Waals surface area contributed by atoms with E-state index in [1.807, 2.05) is 130 Å². The summed E-state index contributed by atoms with van der Waals surface area (Å²) < 4.78 is 25.7. The maximum absolute atomic E-state index is 14.0. The molecule has 230 valence electrons. The second-order valence-corrected chi connectivity index (χ2v) is 12.8. The van der Waals surface area contributed by atoms with Crippen molar-refractivity contribution < 1.29 is 23.7 Å². The maximum Gasteiger partial charge on any atom is 0.411 e. The molecule has 0 radical (unpaired) electrons. The zero-order chi connectivity index (χ0) is 30.8. The molecular formula is C36H40N2O5S. The lowest BCUT2D eigenvalue weighted by Crippen LogP contribution is -2.47. The Bertz CT molecular complexity index is 1420. The number of hydrogen-bond donors (Lipinski definition) is 0. The Balaban J connectivity index is 1.50. The fourth-order valence-electron chi connectivity index (χ4n) is 5.07. The van der Waals surface area contributed by atoms with Gasteiger partial charge in [0.05, 0.1) is 37.5 Å². The quantitative estimate of drug-likeness (QED) is 0.164. The SMILES string of the molecule is CC(C)(C)OC(=O)N1C(Sc2ccccn2)[C@@H](OCc2ccccc2)[C@H](OCc2ccccc2)[C@H]1COCc1ccccc1. The third-order valence-corrected chi connectivity index (χ3v) is 8.29. The first kappa shape index (κ1) is 31.7. The van der Waals surface area contributed by atoms with Gasteiger partial charge < -0.3 is 18.9 Å². The molecule has 8 heteroatoms. The molecule has 7 nitrogen and oxygen atoms in total. The third-order valence-electron chi connectivity index (χ3n) is 7.07. The maximum atomic E-state index is 14.0. The summed E-state index contributed by atoms with van der Waals surface area (Å²) in [6.07, 6.45) is 0.282. The molecule has 1 amide bonds. The Morgan fingerprint density at radius 3 is 1.77 bits per heavy atom. The Morgan fingerprint density at radius 1 is 0.727 bits per heavy atom. The van der Waals surface area contributed by atoms with Crippen molar-refractivity contribution in [3.8, 4) is 0 Å². The molecule has 0 saturated carbocycles. The molecule has 4 aromatic rings. The Morgan fingerprint density at radius 2 is 1.25 bits per heavy atom. The van der Waals surface area contributed by atoms with Gasteiger partial charge in [0, 0.05) is 6.20 Å². The van der Waals surface area contributed by atoms with Crippen molar-refractivity contribution in [1.29, 1.82) is 0 Å². The summed E-state index contributed by atoms with van der Waals surface area (Å²) in [4.78, 5) is 20.4. The number of carbonyl (C=O) groups excluding carboxylic acids is 1. The first-order chi connectivity index (χ1) is 21.4. The van der Waals surface area contributed by atoms with Crippen LogP contribution in [0.5, 0.6) is 0 Å². The highest BCUT2D eigenvalue weighted by molar-refractivity contribution is 7.99. The van der Waals surface area contributed by atoms with E-state index in [4.69, 9.17) is 18.9 Å². The van der Waals surface area contributed by atoms with E-state index in [1.54, 1.807) is 11.1 Å². The van der Waals surface area contributed by atoms with Crippen LogP contribution in [0.15, 0.2) is 120 Å². The molecule has 0 bridgehead atoms. The number of hydrogen-bond acceptors (Lipinski definition) is 7. The summed E-state index contributed by atoms with van der Waals surface area (Å²) >= 11 is 1.47. The molecule has 2 heterocycles. The highest BCUT2D eigenvalue weighted by atomic mass is 32.2. The van der Waals surface area contributed by atoms with Crippen LogP contribution in [0.3, 0.4) is 0 Å². The van der Waals surface area contributed by atoms with E-state index in [1.165, 1.54) is 11.8 Å². The molecule has 1 fully saturated rings. The van der Waals surface area contributed by atoms with Gasteiger partial charge in [-0.25, -0.2) is 9.78 Å². The van der Waals surface area contributed by atoms with E-state index in [0.717, 1.165) is 21.7 Å². The molecule has 1 aliphatic heterocycles. The normalized spacial score (nSPS) is 20.0. The molecule has 1 aliphatic rings. The summed E-state index contributed by atoms with van der Waals surface area (Å²) in [6, 6.07) is 35.3. The van der Waals surface area contributed by atoms with Gasteiger partial charge in [-0.15, -0.1) is 0 Å². The van der Waals surface area contributed by atoms with Crippen molar-refractivity contribution in [2.24, 2.45) is 0 Å². The van der Waals surface area contributed by atoms with Crippen molar-refractivity contribution in [3.63, 3.8) is 0 Å². The predicted octanol–water partition coefficient (Wildman–Crippen LogP) is 7.51. The van der Waals surface area contributed by atoms with Gasteiger partial charge in [-0.1, -0.05) is 109 Å². The number of pyridine rings is 1. The molecule has 1 aromatic heterocycles. The number of aromatic nitrogens is 1. The topological polar surface area (TPSA) is 70.1 Å². The molecular weight excluding hydrogens is 572 g/mol. The lowest BCUT2D eigenvalue weighted by Gasteiger charge is -2.32. The van der Waals surface area contributed by atoms with Crippen LogP contribution < -0.4 is 0 Å². The summed E-state index contributed by atoms with van der Waals surface area (Å²) in [7, 11) is 0. The van der Waals surface area contributed by atoms with E-state index in [0.29, 0.717) is 19.8 Å². The van der Waals surface area contributed by atoms with Crippen LogP contribution in [0, 0.1) is 0 Å². The minimum atomic E-state index is -0.698. The van der Waals surface area contributed by atoms with Gasteiger partial charge >= 0.3 is 6.09 Å². The highest BCUT2D eigenvalue weighted by Crippen LogP contribution is 2.41. The smallest absolute Gasteiger partial charge is 0.411 e. The van der Waals surface area contributed by atoms with E-state index < -0.39 is 35.3 Å². The molecule has 1 saturated heterocycles. The van der Waals surface area contributed by atoms with Gasteiger partial charge in [0.2, 0.25) is 0 Å². The summed E-state index contributed by atoms with van der Waals surface area (Å²) in [5.41, 5.74) is 2.41. The Hall–Kier alpha value is -3.69. The van der Waals surface area contributed by atoms with Gasteiger partial charge in [-0.2, -0.15) is 0 Å². The van der Waals surface area contributed by atoms with E-state index in [9.17, 15) is 4.79 Å². The van der Waals surface area contributed by atoms with Crippen molar-refractivity contribution in [1.82, 2.24) is 9.88 Å². The monoisotopic (exact) mass is 612 g/mol. The molecule has 1 unspecified atom stereocenters. The molecule has 44 heavy (non-hydrogen) atoms. The second-order valence-electron chi connectivity index (χ2n) is 11.7. The van der Waals surface area contributed by atoms with Crippen molar-refractivity contribution in [3.05, 3.63) is 132 Å². The number of rotatable bonds is 12. The lowest BCUT2D eigenvalue weighted by molar-refractivity contribution is -0.0830. The number of carbonyl (C=O) groups is 1. The largest absolute Gasteiger partial charge is 0.444 e. The summed E-state index contributed by atoms with van der Waals surface area (Å²) in [6.45, 7) is 6.96. The van der Waals surface area contributed by atoms with Crippen LogP contribution in [0.1, 0.15) is 37.5 Å². The molecule has 0 spiro atoms. The fourth-order valence-corrected chi connectivity index (χ4v) is 6.32. The molecule has 0 aliphatic carbocycles. The zero-order valence-electron chi connectivity index (χ0n) is 25.5. The van der Waals surface area contributed by atoms with Gasteiger partial charge in [-0.3, -0.25) is 4.90 Å². The number of nitrogens with zero attached hydrogens (tertiary/aromatic N) is 2. The van der Waals surface area contributed by atoms with Crippen LogP contribution in [0.2, 0.25) is 0 Å². The number of likely N-dealkylation sites (tertiary alicyclic amines) is 1. The van der Waals surface area contributed by atoms with Crippen molar-refractivity contribution in [2.75, 3.05) is 6.61 Å². The van der Waals surface area contributed by atoms with Gasteiger partial charge in [0.1, 0.15) is 23.2 Å². The van der Waals surface area contributed by atoms with E-state index in [-0.39, 0.29) is 6.61 Å². The second kappa shape index (κ2) is 15.3. The van der Waals surface area contributed by atoms with Crippen LogP contribution in [-0.2, 0) is 38.8 Å². The van der Waals surface area contributed by atoms with Gasteiger partial charge in [0.25, 0.3) is 0 Å². The Kier molecular flexibility index (Phi) is 11.1. The summed E-state index contributed by atoms with van der Waals surface area (Å²) in [5.74, 6) is 0. The number of thioether (sulfide) groups is 1. The van der Waals surface area contributed by atoms with Crippen LogP contribution in [0.25, 0.3) is 0 Å². The van der Waals surface area contributed by atoms with E-state index in [2.05, 4.69) is 4.98 Å². The van der Waals surface area contributed by atoms with Crippen molar-refractivity contribution in [2.45, 2.75) is 74.8 Å². The standard InChI is InChI=1S/C36H40N2O5S/c1-36(2,3)43-35(39)38-30(26-40-23-27-15-7-4-8-16-27)32(41-24-28-17-9-5-10-18-28)33(42-25-29-19-11-6-12-20-29)34(38)44-31-21-13-14-22-37-31/h4-22,30,32-34H,23-26H2,1-3H3/t30-,32-,33+,34?/m1/s1. The van der Waals surface area contributed by atoms with Gasteiger partial charge in [-0.05, 0) is 49.6 Å². The van der Waals surface area contributed by atoms with Gasteiger partial charge in [0.15, 0.2) is 0 Å². The Labute approximate surface area is 264 Å². The first-order valence-corrected chi connectivity index (χ1v) is 15.8. The molecule has 3 aromatic carbocycles. The lowest BCUT2D eigenvalue weighted by atomic mass is 10.1. The number of amides is 1. The van der Waals surface area contributed by atoms with Crippen molar-refractivity contribution >= 4 is 17.9 Å². The predicted molar refractivity (Wildman–Crippen MR) is 172 cm³/mol. The van der Waals surface area contributed by atoms with Crippen LogP contribution in [0.4, 0.5) is 4.79 Å². The number of benzene rings is 3. The number of ether oxygens (including phenoxy) is 4. The first-order valence-electron chi connectivity index (χ1n) is 14.9. The van der Waals surface area contributed by atoms with Crippen LogP contribution in [-0.4, -0.2) is 51.8 Å². The fraction of sp³-hybridized carbons (Fsp3) is 0.333. The zero-order valence-corrected chi connectivity index (χ0v) is 26.3. The average molecular weight is 613 g/mol. The summed E-state index contributed by atoms with van der Waals surface area (Å²) in [5, 5.41) is 0.279. The molecule has 5 rings (SSSR count). The van der Waals surface area contributed by atoms with E-state index >= 15 is 0 Å². The average Bonchev–Trinajstić information content (AvgIpc) is 3.31. The molecule has 4 atom stereocenters. The minimum Gasteiger partial charge on any atom is -0.444 e. The highest BCUT2D eigenvalue weighted by Gasteiger charge is 2.54.